The number of benzene rings is 1. The van der Waals surface area contributed by atoms with Crippen molar-refractivity contribution in [2.24, 2.45) is 5.84 Å². The van der Waals surface area contributed by atoms with Crippen LogP contribution in [0.15, 0.2) is 30.6 Å². The average molecular weight is 261 g/mol. The minimum absolute atomic E-state index is 0.0857. The lowest BCUT2D eigenvalue weighted by Crippen LogP contribution is -2.12. The van der Waals surface area contributed by atoms with Crippen molar-refractivity contribution in [1.29, 1.82) is 0 Å². The van der Waals surface area contributed by atoms with Gasteiger partial charge in [-0.05, 0) is 31.0 Å². The van der Waals surface area contributed by atoms with Gasteiger partial charge in [-0.1, -0.05) is 12.1 Å². The van der Waals surface area contributed by atoms with Gasteiger partial charge < -0.3 is 10.7 Å². The number of nitrogen functional groups attached to an aromatic ring is 1. The van der Waals surface area contributed by atoms with E-state index in [0.29, 0.717) is 17.2 Å². The number of halogens is 1. The third-order valence-electron chi connectivity index (χ3n) is 2.84. The fourth-order valence-corrected chi connectivity index (χ4v) is 1.69. The molecule has 2 rings (SSSR count). The molecule has 1 unspecified atom stereocenters. The van der Waals surface area contributed by atoms with Gasteiger partial charge in [0.25, 0.3) is 0 Å². The fraction of sp³-hybridized carbons (Fsp3) is 0.231. The number of aryl methyl sites for hydroxylation is 1. The van der Waals surface area contributed by atoms with Crippen molar-refractivity contribution >= 4 is 11.6 Å². The number of hydrogen-bond acceptors (Lipinski definition) is 5. The highest BCUT2D eigenvalue weighted by Crippen LogP contribution is 2.20. The van der Waals surface area contributed by atoms with Crippen molar-refractivity contribution in [3.05, 3.63) is 47.5 Å². The quantitative estimate of drug-likeness (QED) is 0.582. The van der Waals surface area contributed by atoms with Gasteiger partial charge in [-0.15, -0.1) is 0 Å². The Morgan fingerprint density at radius 1 is 1.26 bits per heavy atom. The van der Waals surface area contributed by atoms with Crippen molar-refractivity contribution in [2.45, 2.75) is 19.9 Å². The number of rotatable bonds is 4. The van der Waals surface area contributed by atoms with E-state index in [1.165, 1.54) is 12.3 Å². The predicted octanol–water partition coefficient (Wildman–Crippen LogP) is 2.38. The molecular formula is C13H16FN5. The van der Waals surface area contributed by atoms with Gasteiger partial charge in [0, 0.05) is 0 Å². The maximum atomic E-state index is 13.5. The van der Waals surface area contributed by atoms with Gasteiger partial charge in [0.2, 0.25) is 0 Å². The predicted molar refractivity (Wildman–Crippen MR) is 73.0 cm³/mol. The number of hydrazine groups is 1. The van der Waals surface area contributed by atoms with E-state index in [2.05, 4.69) is 20.7 Å². The Kier molecular flexibility index (Phi) is 3.91. The molecule has 0 saturated carbocycles. The van der Waals surface area contributed by atoms with Crippen molar-refractivity contribution in [1.82, 2.24) is 9.97 Å². The molecule has 0 radical (unpaired) electrons. The van der Waals surface area contributed by atoms with Gasteiger partial charge in [0.05, 0.1) is 18.4 Å². The summed E-state index contributed by atoms with van der Waals surface area (Å²) in [6.45, 7) is 3.66. The number of nitrogens with zero attached hydrogens (tertiary/aromatic N) is 2. The van der Waals surface area contributed by atoms with Crippen LogP contribution in [0, 0.1) is 12.7 Å². The largest absolute Gasteiger partial charge is 0.362 e. The molecule has 0 aliphatic heterocycles. The number of aromatic nitrogens is 2. The Morgan fingerprint density at radius 2 is 2.00 bits per heavy atom. The van der Waals surface area contributed by atoms with E-state index in [-0.39, 0.29) is 11.9 Å². The van der Waals surface area contributed by atoms with E-state index in [0.717, 1.165) is 5.56 Å². The van der Waals surface area contributed by atoms with Crippen LogP contribution < -0.4 is 16.6 Å². The number of hydrogen-bond donors (Lipinski definition) is 3. The molecule has 0 spiro atoms. The first-order chi connectivity index (χ1) is 9.10. The first-order valence-corrected chi connectivity index (χ1v) is 5.91. The maximum absolute atomic E-state index is 13.5. The van der Waals surface area contributed by atoms with Gasteiger partial charge in [-0.25, -0.2) is 15.2 Å². The third kappa shape index (κ3) is 3.17. The van der Waals surface area contributed by atoms with Crippen LogP contribution in [-0.4, -0.2) is 9.97 Å². The summed E-state index contributed by atoms with van der Waals surface area (Å²) < 4.78 is 13.5. The van der Waals surface area contributed by atoms with Crippen molar-refractivity contribution in [2.75, 3.05) is 10.7 Å². The molecule has 6 heteroatoms. The summed E-state index contributed by atoms with van der Waals surface area (Å²) >= 11 is 0. The molecule has 100 valence electrons. The van der Waals surface area contributed by atoms with Crippen LogP contribution in [0.2, 0.25) is 0 Å². The Bertz CT molecular complexity index is 573. The van der Waals surface area contributed by atoms with E-state index in [4.69, 9.17) is 5.84 Å². The average Bonchev–Trinajstić information content (AvgIpc) is 2.42. The van der Waals surface area contributed by atoms with Gasteiger partial charge in [0.1, 0.15) is 11.6 Å². The van der Waals surface area contributed by atoms with Crippen LogP contribution in [0.5, 0.6) is 0 Å². The molecule has 5 nitrogen and oxygen atoms in total. The molecule has 0 aliphatic rings. The molecule has 0 aliphatic carbocycles. The highest BCUT2D eigenvalue weighted by molar-refractivity contribution is 5.42. The van der Waals surface area contributed by atoms with E-state index in [1.807, 2.05) is 13.0 Å². The summed E-state index contributed by atoms with van der Waals surface area (Å²) in [6.07, 6.45) is 3.10. The van der Waals surface area contributed by atoms with E-state index < -0.39 is 0 Å². The van der Waals surface area contributed by atoms with Crippen LogP contribution >= 0.6 is 0 Å². The number of anilines is 2. The standard InChI is InChI=1S/C13H16FN5/c1-8-3-4-10(5-11(8)14)9(2)17-12-6-16-7-13(18-12)19-15/h3-7,9H,15H2,1-2H3,(H2,17,18,19). The van der Waals surface area contributed by atoms with Gasteiger partial charge in [-0.2, -0.15) is 0 Å². The van der Waals surface area contributed by atoms with Crippen LogP contribution in [-0.2, 0) is 0 Å². The highest BCUT2D eigenvalue weighted by Gasteiger charge is 2.08. The summed E-state index contributed by atoms with van der Waals surface area (Å²) in [4.78, 5) is 8.19. The van der Waals surface area contributed by atoms with Gasteiger partial charge in [-0.3, -0.25) is 4.98 Å². The van der Waals surface area contributed by atoms with Crippen LogP contribution in [0.1, 0.15) is 24.1 Å². The molecule has 2 aromatic rings. The minimum atomic E-state index is -0.213. The molecule has 0 saturated heterocycles. The summed E-state index contributed by atoms with van der Waals surface area (Å²) in [6, 6.07) is 5.07. The topological polar surface area (TPSA) is 75.9 Å². The third-order valence-corrected chi connectivity index (χ3v) is 2.84. The van der Waals surface area contributed by atoms with Gasteiger partial charge >= 0.3 is 0 Å². The van der Waals surface area contributed by atoms with E-state index >= 15 is 0 Å². The fourth-order valence-electron chi connectivity index (χ4n) is 1.69. The zero-order valence-corrected chi connectivity index (χ0v) is 10.8. The summed E-state index contributed by atoms with van der Waals surface area (Å²) in [5.41, 5.74) is 3.90. The van der Waals surface area contributed by atoms with E-state index in [1.54, 1.807) is 19.2 Å². The maximum Gasteiger partial charge on any atom is 0.160 e. The second-order valence-corrected chi connectivity index (χ2v) is 4.31. The second-order valence-electron chi connectivity index (χ2n) is 4.31. The van der Waals surface area contributed by atoms with Crippen LogP contribution in [0.25, 0.3) is 0 Å². The molecule has 1 atom stereocenters. The molecule has 0 fully saturated rings. The Labute approximate surface area is 111 Å². The van der Waals surface area contributed by atoms with Crippen LogP contribution in [0.4, 0.5) is 16.0 Å². The second kappa shape index (κ2) is 5.62. The zero-order chi connectivity index (χ0) is 13.8. The van der Waals surface area contributed by atoms with Crippen molar-refractivity contribution in [3.8, 4) is 0 Å². The molecular weight excluding hydrogens is 245 g/mol. The lowest BCUT2D eigenvalue weighted by atomic mass is 10.1. The highest BCUT2D eigenvalue weighted by atomic mass is 19.1. The number of nitrogens with one attached hydrogen (secondary N) is 2. The molecule has 4 N–H and O–H groups in total. The normalized spacial score (nSPS) is 12.0. The SMILES string of the molecule is Cc1ccc(C(C)Nc2cncc(NN)n2)cc1F. The van der Waals surface area contributed by atoms with Crippen molar-refractivity contribution in [3.63, 3.8) is 0 Å². The molecule has 1 heterocycles. The number of nitrogens with two attached hydrogens (primary N) is 1. The minimum Gasteiger partial charge on any atom is -0.362 e. The Morgan fingerprint density at radius 3 is 2.68 bits per heavy atom. The molecule has 1 aromatic carbocycles. The van der Waals surface area contributed by atoms with Gasteiger partial charge in [0.15, 0.2) is 5.82 Å². The smallest absolute Gasteiger partial charge is 0.160 e. The van der Waals surface area contributed by atoms with Crippen molar-refractivity contribution < 1.29 is 4.39 Å². The summed E-state index contributed by atoms with van der Waals surface area (Å²) in [7, 11) is 0. The summed E-state index contributed by atoms with van der Waals surface area (Å²) in [5, 5.41) is 3.14. The Balaban J connectivity index is 2.15. The molecule has 0 amide bonds. The zero-order valence-electron chi connectivity index (χ0n) is 10.8. The lowest BCUT2D eigenvalue weighted by molar-refractivity contribution is 0.614. The monoisotopic (exact) mass is 261 g/mol. The Hall–Kier alpha value is -2.21. The molecule has 19 heavy (non-hydrogen) atoms. The lowest BCUT2D eigenvalue weighted by Gasteiger charge is -2.15. The molecule has 0 bridgehead atoms. The first-order valence-electron chi connectivity index (χ1n) is 5.91. The first kappa shape index (κ1) is 13.2. The van der Waals surface area contributed by atoms with E-state index in [9.17, 15) is 4.39 Å². The summed E-state index contributed by atoms with van der Waals surface area (Å²) in [5.74, 6) is 6.09. The van der Waals surface area contributed by atoms with Crippen LogP contribution in [0.3, 0.4) is 0 Å². The molecule has 1 aromatic heterocycles.